The summed E-state index contributed by atoms with van der Waals surface area (Å²) in [4.78, 5) is 132. The van der Waals surface area contributed by atoms with Gasteiger partial charge in [-0.3, -0.25) is 36.5 Å². The van der Waals surface area contributed by atoms with E-state index in [0.717, 1.165) is 0 Å². The van der Waals surface area contributed by atoms with Crippen molar-refractivity contribution in [2.24, 2.45) is 0 Å². The van der Waals surface area contributed by atoms with Crippen molar-refractivity contribution >= 4 is 60.8 Å². The van der Waals surface area contributed by atoms with Crippen LogP contribution >= 0.6 is 60.8 Å². The van der Waals surface area contributed by atoms with Crippen LogP contribution in [0.15, 0.2) is 0 Å². The molecule has 0 atom stereocenters. The molecule has 0 bridgehead atoms. The zero-order valence-corrected chi connectivity index (χ0v) is 40.9. The van der Waals surface area contributed by atoms with Crippen molar-refractivity contribution in [3.63, 3.8) is 0 Å². The quantitative estimate of drug-likeness (QED) is 0.0794. The van der Waals surface area contributed by atoms with Crippen molar-refractivity contribution in [1.29, 1.82) is 0 Å². The molecule has 0 aromatic rings. The number of hydrogen-bond acceptors (Lipinski definition) is 12. The van der Waals surface area contributed by atoms with Crippen molar-refractivity contribution in [3.8, 4) is 0 Å². The predicted octanol–water partition coefficient (Wildman–Crippen LogP) is -15.5. The van der Waals surface area contributed by atoms with Crippen molar-refractivity contribution in [2.75, 3.05) is 0 Å². The van der Waals surface area contributed by atoms with E-state index < -0.39 is 81.1 Å². The summed E-state index contributed by atoms with van der Waals surface area (Å²) in [5.41, 5.74) is 0. The minimum atomic E-state index is -5.20. The van der Waals surface area contributed by atoms with Crippen LogP contribution in [-0.4, -0.2) is 119 Å². The predicted molar refractivity (Wildman–Crippen MR) is 143 cm³/mol. The van der Waals surface area contributed by atoms with Gasteiger partial charge < -0.3 is 104 Å². The van der Waals surface area contributed by atoms with Gasteiger partial charge in [0.05, 0.1) is 0 Å². The number of aliphatic hydroxyl groups is 4. The van der Waals surface area contributed by atoms with E-state index in [4.69, 9.17) is 98.7 Å². The summed E-state index contributed by atoms with van der Waals surface area (Å²) in [7, 11) is -41.6. The molecule has 0 amide bonds. The summed E-state index contributed by atoms with van der Waals surface area (Å²) < 4.78 is 82.0. The number of hydrogen-bond donors (Lipinski definition) is 20. The largest absolute Gasteiger partial charge is 1.00 e. The normalized spacial score (nSPS) is 13.8. The van der Waals surface area contributed by atoms with Crippen LogP contribution in [0.25, 0.3) is 0 Å². The summed E-state index contributed by atoms with van der Waals surface area (Å²) >= 11 is 0. The molecule has 20 N–H and O–H groups in total. The summed E-state index contributed by atoms with van der Waals surface area (Å²) in [6.45, 7) is 1.53. The molecule has 28 nitrogen and oxygen atoms in total. The summed E-state index contributed by atoms with van der Waals surface area (Å²) in [5, 5.41) is 21.5. The fourth-order valence-corrected chi connectivity index (χ4v) is 6.11. The van der Waals surface area contributed by atoms with Gasteiger partial charge in [0, 0.05) is 0 Å². The molecule has 0 saturated heterocycles. The molecule has 0 aliphatic rings. The van der Waals surface area contributed by atoms with Crippen LogP contribution in [0.5, 0.6) is 0 Å². The minimum Gasteiger partial charge on any atom is -1.00 e. The van der Waals surface area contributed by atoms with E-state index in [-0.39, 0.29) is 124 Å². The SMILES string of the molecule is CC(O)(P(=O)(O)O)P(=O)(O)O.CC(O)(P(=O)(O)O)P(=O)(O)O.CC(O)(P(=O)(O)O)P(=O)(O)O.CC(O)(P(=O)(O)O)P(=O)(O)O.[H-].[H-].[H-].[H-].[Na+].[Na+].[Na+].[Na+]. The molecule has 0 aliphatic heterocycles. The Morgan fingerprint density at radius 2 is 0.312 bits per heavy atom. The van der Waals surface area contributed by atoms with E-state index in [2.05, 4.69) is 0 Å². The zero-order chi connectivity index (χ0) is 38.0. The van der Waals surface area contributed by atoms with Gasteiger partial charge in [-0.1, -0.05) is 0 Å². The molecule has 0 saturated carbocycles. The molecule has 0 aromatic carbocycles. The smallest absolute Gasteiger partial charge is 1.00 e. The molecule has 0 aliphatic carbocycles. The van der Waals surface area contributed by atoms with Crippen LogP contribution in [0.2, 0.25) is 0 Å². The average molecular weight is 920 g/mol. The third-order valence-corrected chi connectivity index (χ3v) is 19.5. The minimum absolute atomic E-state index is 0. The second-order valence-corrected chi connectivity index (χ2v) is 25.3. The first-order valence-corrected chi connectivity index (χ1v) is 22.2. The second kappa shape index (κ2) is 22.8. The Morgan fingerprint density at radius 3 is 0.312 bits per heavy atom. The van der Waals surface area contributed by atoms with Gasteiger partial charge in [0.25, 0.3) is 20.3 Å². The van der Waals surface area contributed by atoms with Crippen LogP contribution in [0, 0.1) is 0 Å². The number of rotatable bonds is 8. The maximum absolute atomic E-state index is 10.3. The van der Waals surface area contributed by atoms with Gasteiger partial charge in [-0.25, -0.2) is 0 Å². The van der Waals surface area contributed by atoms with E-state index in [1.165, 1.54) is 0 Å². The molecule has 280 valence electrons. The standard InChI is InChI=1S/4C2H8O7P2.4Na.4H/c4*1-2(3,10(4,5)6)11(7,8)9;;;;;;;;/h4*3H,1H3,(H2,4,5,6)(H2,7,8,9);;;;;;;;/q;;;;4*+1;4*-1. The van der Waals surface area contributed by atoms with Crippen LogP contribution in [0.3, 0.4) is 0 Å². The second-order valence-electron chi connectivity index (χ2n) is 8.24. The fourth-order valence-electron chi connectivity index (χ4n) is 0.679. The molecular weight excluding hydrogens is 884 g/mol. The Bertz CT molecular complexity index is 1080. The third-order valence-electron chi connectivity index (χ3n) is 4.41. The van der Waals surface area contributed by atoms with Gasteiger partial charge in [-0.2, -0.15) is 0 Å². The van der Waals surface area contributed by atoms with Crippen LogP contribution in [0.4, 0.5) is 0 Å². The third kappa shape index (κ3) is 21.5. The molecule has 0 radical (unpaired) electrons. The van der Waals surface area contributed by atoms with E-state index in [1.807, 2.05) is 0 Å². The molecule has 0 unspecified atom stereocenters. The van der Waals surface area contributed by atoms with Gasteiger partial charge >= 0.3 is 179 Å². The van der Waals surface area contributed by atoms with E-state index in [1.54, 1.807) is 0 Å². The van der Waals surface area contributed by atoms with Gasteiger partial charge in [0.15, 0.2) is 0 Å². The molecular formula is C8H36Na4O28P8. The average Bonchev–Trinajstić information content (AvgIpc) is 2.62. The topological polar surface area (TPSA) is 541 Å². The van der Waals surface area contributed by atoms with Gasteiger partial charge in [0.2, 0.25) is 0 Å². The molecule has 48 heavy (non-hydrogen) atoms. The molecule has 0 spiro atoms. The zero-order valence-electron chi connectivity index (χ0n) is 29.8. The maximum atomic E-state index is 10.3. The summed E-state index contributed by atoms with van der Waals surface area (Å²) in [5.74, 6) is 0. The van der Waals surface area contributed by atoms with Crippen LogP contribution in [-0.2, 0) is 36.5 Å². The fraction of sp³-hybridized carbons (Fsp3) is 1.00. The van der Waals surface area contributed by atoms with Crippen molar-refractivity contribution in [2.45, 2.75) is 48.0 Å². The van der Waals surface area contributed by atoms with E-state index in [9.17, 15) is 36.5 Å². The van der Waals surface area contributed by atoms with Gasteiger partial charge in [-0.15, -0.1) is 0 Å². The Morgan fingerprint density at radius 1 is 0.271 bits per heavy atom. The van der Waals surface area contributed by atoms with Crippen molar-refractivity contribution < 1.29 is 259 Å². The summed E-state index contributed by atoms with van der Waals surface area (Å²) in [6, 6.07) is 0. The van der Waals surface area contributed by atoms with Crippen molar-refractivity contribution in [1.82, 2.24) is 0 Å². The molecule has 40 heteroatoms. The van der Waals surface area contributed by atoms with E-state index in [0.29, 0.717) is 27.7 Å². The molecule has 0 fully saturated rings. The Labute approximate surface area is 363 Å². The van der Waals surface area contributed by atoms with Crippen LogP contribution < -0.4 is 118 Å². The van der Waals surface area contributed by atoms with Gasteiger partial charge in [-0.05, 0) is 27.7 Å². The Hall–Kier alpha value is 5.04. The van der Waals surface area contributed by atoms with Crippen LogP contribution in [0.1, 0.15) is 33.4 Å². The Kier molecular flexibility index (Phi) is 33.7. The van der Waals surface area contributed by atoms with Crippen molar-refractivity contribution in [3.05, 3.63) is 0 Å². The first kappa shape index (κ1) is 70.8. The first-order valence-electron chi connectivity index (χ1n) is 9.34. The monoisotopic (exact) mass is 920 g/mol. The molecule has 0 rings (SSSR count). The summed E-state index contributed by atoms with van der Waals surface area (Å²) in [6.07, 6.45) is 0. The molecule has 0 heterocycles. The van der Waals surface area contributed by atoms with Gasteiger partial charge in [0.1, 0.15) is 0 Å². The van der Waals surface area contributed by atoms with E-state index >= 15 is 0 Å². The molecule has 0 aromatic heterocycles. The first-order chi connectivity index (χ1) is 18.0. The Balaban J connectivity index is -0.0000000390. The maximum Gasteiger partial charge on any atom is 1.00 e.